The van der Waals surface area contributed by atoms with Gasteiger partial charge in [-0.25, -0.2) is 0 Å². The van der Waals surface area contributed by atoms with Gasteiger partial charge in [0.05, 0.1) is 0 Å². The second kappa shape index (κ2) is 4.24. The van der Waals surface area contributed by atoms with Crippen molar-refractivity contribution < 1.29 is 0 Å². The van der Waals surface area contributed by atoms with Gasteiger partial charge in [-0.3, -0.25) is 4.90 Å². The van der Waals surface area contributed by atoms with Crippen molar-refractivity contribution >= 4 is 0 Å². The highest BCUT2D eigenvalue weighted by atomic mass is 15.2. The first-order valence-corrected chi connectivity index (χ1v) is 7.58. The molecule has 0 aromatic rings. The van der Waals surface area contributed by atoms with Gasteiger partial charge >= 0.3 is 0 Å². The molecule has 0 aromatic heterocycles. The maximum absolute atomic E-state index is 3.71. The first kappa shape index (κ1) is 12.0. The van der Waals surface area contributed by atoms with E-state index in [1.54, 1.807) is 0 Å². The maximum Gasteiger partial charge on any atom is 0.0218 e. The lowest BCUT2D eigenvalue weighted by molar-refractivity contribution is 0.0935. The lowest BCUT2D eigenvalue weighted by atomic mass is 9.95. The van der Waals surface area contributed by atoms with Crippen molar-refractivity contribution in [1.29, 1.82) is 0 Å². The van der Waals surface area contributed by atoms with Gasteiger partial charge in [-0.2, -0.15) is 0 Å². The topological polar surface area (TPSA) is 15.3 Å². The van der Waals surface area contributed by atoms with Crippen molar-refractivity contribution in [2.45, 2.75) is 58.5 Å². The van der Waals surface area contributed by atoms with Crippen LogP contribution in [0.1, 0.15) is 46.5 Å². The molecule has 17 heavy (non-hydrogen) atoms. The number of nitrogens with zero attached hydrogens (tertiary/aromatic N) is 1. The molecule has 0 radical (unpaired) electrons. The Kier molecular flexibility index (Phi) is 2.99. The average Bonchev–Trinajstić information content (AvgIpc) is 3.13. The molecule has 0 bridgehead atoms. The number of hydrogen-bond donors (Lipinski definition) is 1. The fourth-order valence-electron chi connectivity index (χ4n) is 3.57. The minimum absolute atomic E-state index is 0.709. The molecule has 1 heterocycles. The molecule has 2 unspecified atom stereocenters. The first-order chi connectivity index (χ1) is 8.11. The van der Waals surface area contributed by atoms with Crippen LogP contribution in [0.4, 0.5) is 0 Å². The van der Waals surface area contributed by atoms with Crippen LogP contribution in [0.15, 0.2) is 0 Å². The summed E-state index contributed by atoms with van der Waals surface area (Å²) < 4.78 is 0. The van der Waals surface area contributed by atoms with Crippen LogP contribution in [0.5, 0.6) is 0 Å². The molecule has 1 saturated heterocycles. The highest BCUT2D eigenvalue weighted by Gasteiger charge is 2.54. The summed E-state index contributed by atoms with van der Waals surface area (Å²) in [4.78, 5) is 2.78. The van der Waals surface area contributed by atoms with Crippen LogP contribution in [0, 0.1) is 17.3 Å². The molecular weight excluding hydrogens is 208 g/mol. The zero-order valence-corrected chi connectivity index (χ0v) is 11.7. The summed E-state index contributed by atoms with van der Waals surface area (Å²) >= 11 is 0. The van der Waals surface area contributed by atoms with Crippen molar-refractivity contribution in [3.8, 4) is 0 Å². The van der Waals surface area contributed by atoms with Crippen molar-refractivity contribution in [3.63, 3.8) is 0 Å². The molecule has 2 atom stereocenters. The Bertz CT molecular complexity index is 279. The molecule has 2 heteroatoms. The SMILES string of the molecule is CC(C)C1CN(CC2(C3CC3)CC2)C(C)CN1. The van der Waals surface area contributed by atoms with Crippen molar-refractivity contribution in [3.05, 3.63) is 0 Å². The van der Waals surface area contributed by atoms with Crippen molar-refractivity contribution in [1.82, 2.24) is 10.2 Å². The van der Waals surface area contributed by atoms with E-state index in [9.17, 15) is 0 Å². The van der Waals surface area contributed by atoms with Gasteiger partial charge < -0.3 is 5.32 Å². The van der Waals surface area contributed by atoms with Crippen LogP contribution in [-0.4, -0.2) is 36.6 Å². The fourth-order valence-corrected chi connectivity index (χ4v) is 3.57. The highest BCUT2D eigenvalue weighted by Crippen LogP contribution is 2.61. The lowest BCUT2D eigenvalue weighted by Crippen LogP contribution is -2.58. The number of hydrogen-bond acceptors (Lipinski definition) is 2. The summed E-state index contributed by atoms with van der Waals surface area (Å²) in [6.45, 7) is 10.9. The minimum Gasteiger partial charge on any atom is -0.311 e. The molecule has 2 saturated carbocycles. The second-order valence-electron chi connectivity index (χ2n) is 7.17. The summed E-state index contributed by atoms with van der Waals surface area (Å²) in [5.74, 6) is 1.86. The Balaban J connectivity index is 1.60. The van der Waals surface area contributed by atoms with Gasteiger partial charge in [-0.1, -0.05) is 13.8 Å². The summed E-state index contributed by atoms with van der Waals surface area (Å²) in [6, 6.07) is 1.45. The summed E-state index contributed by atoms with van der Waals surface area (Å²) in [7, 11) is 0. The van der Waals surface area contributed by atoms with E-state index < -0.39 is 0 Å². The van der Waals surface area contributed by atoms with Gasteiger partial charge in [0.25, 0.3) is 0 Å². The Hall–Kier alpha value is -0.0800. The monoisotopic (exact) mass is 236 g/mol. The maximum atomic E-state index is 3.71. The van der Waals surface area contributed by atoms with Crippen molar-refractivity contribution in [2.24, 2.45) is 17.3 Å². The summed E-state index contributed by atoms with van der Waals surface area (Å²) in [5, 5.41) is 3.71. The molecule has 0 amide bonds. The largest absolute Gasteiger partial charge is 0.311 e. The summed E-state index contributed by atoms with van der Waals surface area (Å²) in [6.07, 6.45) is 6.07. The van der Waals surface area contributed by atoms with E-state index >= 15 is 0 Å². The van der Waals surface area contributed by atoms with Gasteiger partial charge in [0, 0.05) is 31.7 Å². The smallest absolute Gasteiger partial charge is 0.0218 e. The molecular formula is C15H28N2. The van der Waals surface area contributed by atoms with E-state index in [4.69, 9.17) is 0 Å². The van der Waals surface area contributed by atoms with Gasteiger partial charge in [0.15, 0.2) is 0 Å². The first-order valence-electron chi connectivity index (χ1n) is 7.58. The zero-order valence-electron chi connectivity index (χ0n) is 11.7. The third-order valence-electron chi connectivity index (χ3n) is 5.39. The van der Waals surface area contributed by atoms with Gasteiger partial charge in [-0.15, -0.1) is 0 Å². The molecule has 3 fully saturated rings. The van der Waals surface area contributed by atoms with Crippen LogP contribution >= 0.6 is 0 Å². The predicted molar refractivity (Wildman–Crippen MR) is 72.1 cm³/mol. The standard InChI is InChI=1S/C15H28N2/c1-11(2)14-9-17(12(3)8-16-14)10-15(6-7-15)13-4-5-13/h11-14,16H,4-10H2,1-3H3. The fraction of sp³-hybridized carbons (Fsp3) is 1.00. The second-order valence-corrected chi connectivity index (χ2v) is 7.17. The number of rotatable bonds is 4. The third kappa shape index (κ3) is 2.39. The normalized spacial score (nSPS) is 37.4. The van der Waals surface area contributed by atoms with Crippen molar-refractivity contribution in [2.75, 3.05) is 19.6 Å². The molecule has 98 valence electrons. The Morgan fingerprint density at radius 1 is 1.29 bits per heavy atom. The van der Waals surface area contributed by atoms with E-state index in [0.717, 1.165) is 23.3 Å². The van der Waals surface area contributed by atoms with Crippen LogP contribution in [0.3, 0.4) is 0 Å². The van der Waals surface area contributed by atoms with Crippen LogP contribution in [-0.2, 0) is 0 Å². The summed E-state index contributed by atoms with van der Waals surface area (Å²) in [5.41, 5.74) is 0.771. The Labute approximate surface area is 106 Å². The molecule has 2 nitrogen and oxygen atoms in total. The van der Waals surface area contributed by atoms with E-state index in [1.807, 2.05) is 0 Å². The predicted octanol–water partition coefficient (Wildman–Crippen LogP) is 2.49. The van der Waals surface area contributed by atoms with Gasteiger partial charge in [-0.05, 0) is 49.9 Å². The van der Waals surface area contributed by atoms with Crippen LogP contribution in [0.2, 0.25) is 0 Å². The molecule has 3 aliphatic rings. The molecule has 0 spiro atoms. The van der Waals surface area contributed by atoms with E-state index in [1.165, 1.54) is 45.3 Å². The molecule has 1 aliphatic heterocycles. The average molecular weight is 236 g/mol. The van der Waals surface area contributed by atoms with Gasteiger partial charge in [0.1, 0.15) is 0 Å². The molecule has 1 N–H and O–H groups in total. The zero-order chi connectivity index (χ0) is 12.0. The molecule has 2 aliphatic carbocycles. The third-order valence-corrected chi connectivity index (χ3v) is 5.39. The van der Waals surface area contributed by atoms with Crippen LogP contribution < -0.4 is 5.32 Å². The number of nitrogens with one attached hydrogen (secondary N) is 1. The highest BCUT2D eigenvalue weighted by molar-refractivity contribution is 5.06. The van der Waals surface area contributed by atoms with E-state index in [2.05, 4.69) is 31.0 Å². The Morgan fingerprint density at radius 3 is 2.53 bits per heavy atom. The molecule has 3 rings (SSSR count). The van der Waals surface area contributed by atoms with E-state index in [0.29, 0.717) is 6.04 Å². The number of piperazine rings is 1. The minimum atomic E-state index is 0.709. The van der Waals surface area contributed by atoms with Crippen LogP contribution in [0.25, 0.3) is 0 Å². The van der Waals surface area contributed by atoms with E-state index in [-0.39, 0.29) is 0 Å². The lowest BCUT2D eigenvalue weighted by Gasteiger charge is -2.42. The van der Waals surface area contributed by atoms with Gasteiger partial charge in [0.2, 0.25) is 0 Å². The quantitative estimate of drug-likeness (QED) is 0.807. The Morgan fingerprint density at radius 2 is 2.00 bits per heavy atom. The molecule has 0 aromatic carbocycles.